The predicted octanol–water partition coefficient (Wildman–Crippen LogP) is 3.62. The molecule has 148 valence electrons. The van der Waals surface area contributed by atoms with Gasteiger partial charge in [-0.1, -0.05) is 5.16 Å². The molecule has 1 aliphatic heterocycles. The summed E-state index contributed by atoms with van der Waals surface area (Å²) < 4.78 is 37.1. The van der Waals surface area contributed by atoms with Crippen molar-refractivity contribution in [2.24, 2.45) is 0 Å². The Kier molecular flexibility index (Phi) is 4.50. The largest absolute Gasteiger partial charge is 0.479 e. The van der Waals surface area contributed by atoms with Gasteiger partial charge < -0.3 is 19.5 Å². The standard InChI is InChI=1S/C20H15F2N3O4/c1-10-20(27)25(2)16-8-12(4-6-17(16)28-10)23-19(26)15-9-18(29-24-15)11-3-5-13(21)14(22)7-11/h3-10H,1-2H3,(H,23,26)/t10-/m1/s1. The highest BCUT2D eigenvalue weighted by Gasteiger charge is 2.29. The SMILES string of the molecule is C[C@H]1Oc2ccc(NC(=O)c3cc(-c4ccc(F)c(F)c4)on3)cc2N(C)C1=O. The second-order valence-corrected chi connectivity index (χ2v) is 6.50. The Labute approximate surface area is 163 Å². The highest BCUT2D eigenvalue weighted by atomic mass is 19.2. The number of likely N-dealkylation sites (N-methyl/N-ethyl adjacent to an activating group) is 1. The first kappa shape index (κ1) is 18.6. The van der Waals surface area contributed by atoms with Crippen molar-refractivity contribution in [2.75, 3.05) is 17.3 Å². The summed E-state index contributed by atoms with van der Waals surface area (Å²) in [6.45, 7) is 1.66. The number of nitrogens with zero attached hydrogens (tertiary/aromatic N) is 2. The summed E-state index contributed by atoms with van der Waals surface area (Å²) in [6, 6.07) is 9.44. The molecule has 9 heteroatoms. The highest BCUT2D eigenvalue weighted by Crippen LogP contribution is 2.35. The molecule has 2 heterocycles. The molecule has 0 saturated heterocycles. The fourth-order valence-corrected chi connectivity index (χ4v) is 2.95. The molecule has 0 aliphatic carbocycles. The average molecular weight is 399 g/mol. The monoisotopic (exact) mass is 399 g/mol. The van der Waals surface area contributed by atoms with E-state index >= 15 is 0 Å². The molecule has 0 fully saturated rings. The topological polar surface area (TPSA) is 84.7 Å². The van der Waals surface area contributed by atoms with E-state index in [9.17, 15) is 18.4 Å². The van der Waals surface area contributed by atoms with Crippen LogP contribution in [-0.4, -0.2) is 30.1 Å². The van der Waals surface area contributed by atoms with E-state index in [-0.39, 0.29) is 22.9 Å². The van der Waals surface area contributed by atoms with Crippen LogP contribution >= 0.6 is 0 Å². The van der Waals surface area contributed by atoms with Gasteiger partial charge in [0.1, 0.15) is 5.75 Å². The maximum atomic E-state index is 13.4. The van der Waals surface area contributed by atoms with Gasteiger partial charge in [0.25, 0.3) is 11.8 Å². The molecule has 7 nitrogen and oxygen atoms in total. The summed E-state index contributed by atoms with van der Waals surface area (Å²) in [5.41, 5.74) is 1.14. The summed E-state index contributed by atoms with van der Waals surface area (Å²) in [6.07, 6.45) is -0.585. The number of anilines is 2. The van der Waals surface area contributed by atoms with Crippen LogP contribution in [0.25, 0.3) is 11.3 Å². The average Bonchev–Trinajstić information content (AvgIpc) is 3.19. The molecule has 1 aromatic heterocycles. The number of benzene rings is 2. The lowest BCUT2D eigenvalue weighted by Gasteiger charge is -2.30. The van der Waals surface area contributed by atoms with Crippen LogP contribution in [0.4, 0.5) is 20.2 Å². The lowest BCUT2D eigenvalue weighted by Crippen LogP contribution is -2.41. The van der Waals surface area contributed by atoms with Gasteiger partial charge in [-0.15, -0.1) is 0 Å². The number of ether oxygens (including phenoxy) is 1. The normalized spacial score (nSPS) is 15.7. The van der Waals surface area contributed by atoms with Crippen LogP contribution in [-0.2, 0) is 4.79 Å². The fourth-order valence-electron chi connectivity index (χ4n) is 2.95. The molecule has 0 spiro atoms. The van der Waals surface area contributed by atoms with Crippen LogP contribution < -0.4 is 15.0 Å². The van der Waals surface area contributed by atoms with E-state index < -0.39 is 23.6 Å². The predicted molar refractivity (Wildman–Crippen MR) is 99.8 cm³/mol. The van der Waals surface area contributed by atoms with Crippen LogP contribution in [0.1, 0.15) is 17.4 Å². The number of halogens is 2. The molecule has 2 amide bonds. The minimum Gasteiger partial charge on any atom is -0.479 e. The molecule has 2 aromatic carbocycles. The minimum absolute atomic E-state index is 0.0447. The Balaban J connectivity index is 1.54. The quantitative estimate of drug-likeness (QED) is 0.727. The zero-order valence-electron chi connectivity index (χ0n) is 15.4. The highest BCUT2D eigenvalue weighted by molar-refractivity contribution is 6.05. The fraction of sp³-hybridized carbons (Fsp3) is 0.150. The second kappa shape index (κ2) is 7.01. The van der Waals surface area contributed by atoms with Crippen molar-refractivity contribution in [2.45, 2.75) is 13.0 Å². The number of carbonyl (C=O) groups is 2. The molecule has 1 N–H and O–H groups in total. The zero-order valence-corrected chi connectivity index (χ0v) is 15.4. The first-order valence-electron chi connectivity index (χ1n) is 8.65. The number of carbonyl (C=O) groups excluding carboxylic acids is 2. The second-order valence-electron chi connectivity index (χ2n) is 6.50. The van der Waals surface area contributed by atoms with Gasteiger partial charge in [0.05, 0.1) is 5.69 Å². The van der Waals surface area contributed by atoms with Crippen LogP contribution in [0, 0.1) is 11.6 Å². The van der Waals surface area contributed by atoms with Crippen molar-refractivity contribution < 1.29 is 27.6 Å². The Hall–Kier alpha value is -3.75. The number of aromatic nitrogens is 1. The lowest BCUT2D eigenvalue weighted by molar-refractivity contribution is -0.125. The molecular weight excluding hydrogens is 384 g/mol. The molecular formula is C20H15F2N3O4. The first-order valence-corrected chi connectivity index (χ1v) is 8.65. The molecule has 4 rings (SSSR count). The molecule has 0 unspecified atom stereocenters. The summed E-state index contributed by atoms with van der Waals surface area (Å²) >= 11 is 0. The molecule has 29 heavy (non-hydrogen) atoms. The third-order valence-corrected chi connectivity index (χ3v) is 4.51. The van der Waals surface area contributed by atoms with Gasteiger partial charge >= 0.3 is 0 Å². The van der Waals surface area contributed by atoms with Crippen molar-refractivity contribution in [3.63, 3.8) is 0 Å². The van der Waals surface area contributed by atoms with E-state index in [1.165, 1.54) is 17.0 Å². The van der Waals surface area contributed by atoms with E-state index in [2.05, 4.69) is 10.5 Å². The van der Waals surface area contributed by atoms with E-state index in [0.29, 0.717) is 17.1 Å². The van der Waals surface area contributed by atoms with Gasteiger partial charge in [0.15, 0.2) is 29.2 Å². The van der Waals surface area contributed by atoms with Crippen molar-refractivity contribution in [3.8, 4) is 17.1 Å². The van der Waals surface area contributed by atoms with E-state index in [4.69, 9.17) is 9.26 Å². The number of hydrogen-bond acceptors (Lipinski definition) is 5. The maximum absolute atomic E-state index is 13.4. The van der Waals surface area contributed by atoms with Gasteiger partial charge in [-0.2, -0.15) is 0 Å². The Morgan fingerprint density at radius 2 is 1.93 bits per heavy atom. The molecule has 1 atom stereocenters. The van der Waals surface area contributed by atoms with Crippen LogP contribution in [0.5, 0.6) is 5.75 Å². The summed E-state index contributed by atoms with van der Waals surface area (Å²) in [5, 5.41) is 6.32. The van der Waals surface area contributed by atoms with Crippen molar-refractivity contribution >= 4 is 23.2 Å². The van der Waals surface area contributed by atoms with Gasteiger partial charge in [-0.25, -0.2) is 8.78 Å². The molecule has 3 aromatic rings. The Morgan fingerprint density at radius 3 is 2.69 bits per heavy atom. The van der Waals surface area contributed by atoms with Gasteiger partial charge in [-0.05, 0) is 43.3 Å². The van der Waals surface area contributed by atoms with E-state index in [1.807, 2.05) is 0 Å². The van der Waals surface area contributed by atoms with Crippen LogP contribution in [0.15, 0.2) is 47.0 Å². The third kappa shape index (κ3) is 3.42. The molecule has 0 radical (unpaired) electrons. The smallest absolute Gasteiger partial charge is 0.277 e. The number of amides is 2. The van der Waals surface area contributed by atoms with Gasteiger partial charge in [0, 0.05) is 24.4 Å². The van der Waals surface area contributed by atoms with Crippen molar-refractivity contribution in [1.82, 2.24) is 5.16 Å². The van der Waals surface area contributed by atoms with Gasteiger partial charge in [0.2, 0.25) is 0 Å². The van der Waals surface area contributed by atoms with Crippen LogP contribution in [0.3, 0.4) is 0 Å². The number of nitrogens with one attached hydrogen (secondary N) is 1. The van der Waals surface area contributed by atoms with Gasteiger partial charge in [-0.3, -0.25) is 9.59 Å². The Morgan fingerprint density at radius 1 is 1.14 bits per heavy atom. The Bertz CT molecular complexity index is 1130. The zero-order chi connectivity index (χ0) is 20.7. The summed E-state index contributed by atoms with van der Waals surface area (Å²) in [7, 11) is 1.62. The third-order valence-electron chi connectivity index (χ3n) is 4.51. The maximum Gasteiger partial charge on any atom is 0.277 e. The summed E-state index contributed by atoms with van der Waals surface area (Å²) in [4.78, 5) is 26.0. The molecule has 1 aliphatic rings. The van der Waals surface area contributed by atoms with Crippen molar-refractivity contribution in [3.05, 3.63) is 59.8 Å². The van der Waals surface area contributed by atoms with Crippen LogP contribution in [0.2, 0.25) is 0 Å². The summed E-state index contributed by atoms with van der Waals surface area (Å²) in [5.74, 6) is -2.14. The lowest BCUT2D eigenvalue weighted by atomic mass is 10.1. The van der Waals surface area contributed by atoms with E-state index in [1.54, 1.807) is 32.2 Å². The first-order chi connectivity index (χ1) is 13.8. The van der Waals surface area contributed by atoms with E-state index in [0.717, 1.165) is 12.1 Å². The number of fused-ring (bicyclic) bond motifs is 1. The van der Waals surface area contributed by atoms with Crippen molar-refractivity contribution in [1.29, 1.82) is 0 Å². The number of rotatable bonds is 3. The molecule has 0 bridgehead atoms. The number of hydrogen-bond donors (Lipinski definition) is 1. The minimum atomic E-state index is -1.03. The molecule has 0 saturated carbocycles.